The number of sulfone groups is 1. The molecule has 132 valence electrons. The Morgan fingerprint density at radius 1 is 1.29 bits per heavy atom. The van der Waals surface area contributed by atoms with E-state index in [1.54, 1.807) is 0 Å². The predicted octanol–water partition coefficient (Wildman–Crippen LogP) is 1.18. The van der Waals surface area contributed by atoms with Gasteiger partial charge in [0.25, 0.3) is 5.91 Å². The van der Waals surface area contributed by atoms with Crippen LogP contribution in [0.1, 0.15) is 30.1 Å². The molecular weight excluding hydrogens is 334 g/mol. The van der Waals surface area contributed by atoms with Crippen LogP contribution < -0.4 is 0 Å². The van der Waals surface area contributed by atoms with Crippen LogP contribution in [0.2, 0.25) is 0 Å². The Kier molecular flexibility index (Phi) is 5.61. The number of carbonyl (C=O) groups excluding carboxylic acids is 1. The van der Waals surface area contributed by atoms with E-state index in [4.69, 9.17) is 4.74 Å². The minimum Gasteiger partial charge on any atom is -0.480 e. The fourth-order valence-electron chi connectivity index (χ4n) is 2.39. The standard InChI is InChI=1S/C16H21NO6S/c1-11(16(19)20)17(13-5-6-13)15(18)12-3-7-14(8-4-12)24(21,22)10-9-23-2/h3-4,7-8,11,13H,5-6,9-10H2,1-2H3,(H,19,20). The Bertz CT molecular complexity index is 709. The van der Waals surface area contributed by atoms with Crippen molar-refractivity contribution in [3.05, 3.63) is 29.8 Å². The molecule has 1 aliphatic rings. The van der Waals surface area contributed by atoms with Gasteiger partial charge in [0.05, 0.1) is 17.3 Å². The Morgan fingerprint density at radius 3 is 2.33 bits per heavy atom. The SMILES string of the molecule is COCCS(=O)(=O)c1ccc(C(=O)N(C2CC2)C(C)C(=O)O)cc1. The number of ether oxygens (including phenoxy) is 1. The summed E-state index contributed by atoms with van der Waals surface area (Å²) in [6, 6.07) is 4.60. The molecule has 2 rings (SSSR count). The minimum absolute atomic E-state index is 0.0614. The minimum atomic E-state index is -3.46. The molecule has 1 N–H and O–H groups in total. The molecule has 1 atom stereocenters. The van der Waals surface area contributed by atoms with Gasteiger partial charge in [0.2, 0.25) is 0 Å². The third-order valence-electron chi connectivity index (χ3n) is 3.97. The van der Waals surface area contributed by atoms with Crippen molar-refractivity contribution in [2.75, 3.05) is 19.5 Å². The molecule has 8 heteroatoms. The van der Waals surface area contributed by atoms with Crippen LogP contribution in [0.25, 0.3) is 0 Å². The summed E-state index contributed by atoms with van der Waals surface area (Å²) < 4.78 is 28.9. The molecule has 0 radical (unpaired) electrons. The summed E-state index contributed by atoms with van der Waals surface area (Å²) in [5.74, 6) is -1.59. The largest absolute Gasteiger partial charge is 0.480 e. The summed E-state index contributed by atoms with van der Waals surface area (Å²) in [5, 5.41) is 9.17. The summed E-state index contributed by atoms with van der Waals surface area (Å²) in [7, 11) is -2.04. The van der Waals surface area contributed by atoms with E-state index < -0.39 is 27.8 Å². The van der Waals surface area contributed by atoms with Gasteiger partial charge in [-0.1, -0.05) is 0 Å². The van der Waals surface area contributed by atoms with Gasteiger partial charge in [-0.25, -0.2) is 13.2 Å². The van der Waals surface area contributed by atoms with E-state index in [2.05, 4.69) is 0 Å². The zero-order valence-electron chi connectivity index (χ0n) is 13.6. The maximum absolute atomic E-state index is 12.6. The van der Waals surface area contributed by atoms with Crippen molar-refractivity contribution in [2.45, 2.75) is 36.7 Å². The lowest BCUT2D eigenvalue weighted by Gasteiger charge is -2.26. The molecule has 1 fully saturated rings. The molecule has 1 aromatic rings. The average Bonchev–Trinajstić information content (AvgIpc) is 3.38. The van der Waals surface area contributed by atoms with Crippen LogP contribution in [0.15, 0.2) is 29.2 Å². The third-order valence-corrected chi connectivity index (χ3v) is 5.66. The Hall–Kier alpha value is -1.93. The molecule has 24 heavy (non-hydrogen) atoms. The lowest BCUT2D eigenvalue weighted by atomic mass is 10.1. The summed E-state index contributed by atoms with van der Waals surface area (Å²) in [6.07, 6.45) is 1.57. The van der Waals surface area contributed by atoms with Gasteiger partial charge in [-0.15, -0.1) is 0 Å². The zero-order valence-corrected chi connectivity index (χ0v) is 14.5. The first-order valence-electron chi connectivity index (χ1n) is 7.65. The zero-order chi connectivity index (χ0) is 17.9. The van der Waals surface area contributed by atoms with E-state index in [0.29, 0.717) is 0 Å². The molecule has 1 amide bonds. The van der Waals surface area contributed by atoms with Gasteiger partial charge in [0.15, 0.2) is 9.84 Å². The Labute approximate surface area is 141 Å². The lowest BCUT2D eigenvalue weighted by molar-refractivity contribution is -0.141. The van der Waals surface area contributed by atoms with Crippen LogP contribution >= 0.6 is 0 Å². The highest BCUT2D eigenvalue weighted by molar-refractivity contribution is 7.91. The monoisotopic (exact) mass is 355 g/mol. The average molecular weight is 355 g/mol. The van der Waals surface area contributed by atoms with Crippen molar-refractivity contribution in [1.29, 1.82) is 0 Å². The van der Waals surface area contributed by atoms with Crippen molar-refractivity contribution in [3.63, 3.8) is 0 Å². The third kappa shape index (κ3) is 4.12. The first kappa shape index (κ1) is 18.4. The summed E-state index contributed by atoms with van der Waals surface area (Å²) in [5.41, 5.74) is 0.278. The highest BCUT2D eigenvalue weighted by Gasteiger charge is 2.38. The maximum atomic E-state index is 12.6. The number of hydrogen-bond donors (Lipinski definition) is 1. The summed E-state index contributed by atoms with van der Waals surface area (Å²) in [6.45, 7) is 1.57. The highest BCUT2D eigenvalue weighted by Crippen LogP contribution is 2.30. The van der Waals surface area contributed by atoms with Crippen LogP contribution in [-0.2, 0) is 19.4 Å². The number of nitrogens with zero attached hydrogens (tertiary/aromatic N) is 1. The second-order valence-corrected chi connectivity index (χ2v) is 7.90. The first-order chi connectivity index (χ1) is 11.3. The van der Waals surface area contributed by atoms with Crippen molar-refractivity contribution in [3.8, 4) is 0 Å². The second kappa shape index (κ2) is 7.31. The molecule has 0 aliphatic heterocycles. The first-order valence-corrected chi connectivity index (χ1v) is 9.30. The molecule has 0 bridgehead atoms. The van der Waals surface area contributed by atoms with Crippen LogP contribution in [0, 0.1) is 0 Å². The Balaban J connectivity index is 2.20. The van der Waals surface area contributed by atoms with Crippen molar-refractivity contribution >= 4 is 21.7 Å². The maximum Gasteiger partial charge on any atom is 0.326 e. The molecule has 1 aromatic carbocycles. The molecule has 1 saturated carbocycles. The van der Waals surface area contributed by atoms with Crippen molar-refractivity contribution < 1.29 is 27.9 Å². The van der Waals surface area contributed by atoms with Crippen LogP contribution in [0.5, 0.6) is 0 Å². The molecular formula is C16H21NO6S. The summed E-state index contributed by atoms with van der Waals surface area (Å²) >= 11 is 0. The van der Waals surface area contributed by atoms with E-state index in [9.17, 15) is 23.1 Å². The fraction of sp³-hybridized carbons (Fsp3) is 0.500. The van der Waals surface area contributed by atoms with Gasteiger partial charge in [-0.2, -0.15) is 0 Å². The van der Waals surface area contributed by atoms with E-state index in [1.165, 1.54) is 43.2 Å². The van der Waals surface area contributed by atoms with Crippen LogP contribution in [0.3, 0.4) is 0 Å². The molecule has 1 aliphatic carbocycles. The van der Waals surface area contributed by atoms with E-state index in [-0.39, 0.29) is 28.9 Å². The number of amides is 1. The van der Waals surface area contributed by atoms with E-state index >= 15 is 0 Å². The van der Waals surface area contributed by atoms with Crippen molar-refractivity contribution in [2.24, 2.45) is 0 Å². The predicted molar refractivity (Wildman–Crippen MR) is 86.7 cm³/mol. The quantitative estimate of drug-likeness (QED) is 0.751. The highest BCUT2D eigenvalue weighted by atomic mass is 32.2. The number of carboxylic acids is 1. The molecule has 0 aromatic heterocycles. The molecule has 0 heterocycles. The van der Waals surface area contributed by atoms with Gasteiger partial charge in [0, 0.05) is 18.7 Å². The number of methoxy groups -OCH3 is 1. The molecule has 0 spiro atoms. The Morgan fingerprint density at radius 2 is 1.88 bits per heavy atom. The van der Waals surface area contributed by atoms with E-state index in [0.717, 1.165) is 12.8 Å². The van der Waals surface area contributed by atoms with Gasteiger partial charge in [-0.05, 0) is 44.0 Å². The number of rotatable bonds is 8. The smallest absolute Gasteiger partial charge is 0.326 e. The number of benzene rings is 1. The lowest BCUT2D eigenvalue weighted by Crippen LogP contribution is -2.44. The van der Waals surface area contributed by atoms with Gasteiger partial charge in [0.1, 0.15) is 6.04 Å². The summed E-state index contributed by atoms with van der Waals surface area (Å²) in [4.78, 5) is 25.3. The topological polar surface area (TPSA) is 101 Å². The molecule has 0 saturated heterocycles. The molecule has 7 nitrogen and oxygen atoms in total. The normalized spacial score (nSPS) is 15.8. The number of carboxylic acid groups (broad SMARTS) is 1. The van der Waals surface area contributed by atoms with Crippen molar-refractivity contribution in [1.82, 2.24) is 4.90 Å². The van der Waals surface area contributed by atoms with Crippen LogP contribution in [0.4, 0.5) is 0 Å². The second-order valence-electron chi connectivity index (χ2n) is 5.79. The van der Waals surface area contributed by atoms with Gasteiger partial charge in [-0.3, -0.25) is 4.79 Å². The number of carbonyl (C=O) groups is 2. The fourth-order valence-corrected chi connectivity index (χ4v) is 3.57. The van der Waals surface area contributed by atoms with Crippen LogP contribution in [-0.4, -0.2) is 61.9 Å². The molecule has 1 unspecified atom stereocenters. The number of hydrogen-bond acceptors (Lipinski definition) is 5. The van der Waals surface area contributed by atoms with Gasteiger partial charge < -0.3 is 14.7 Å². The van der Waals surface area contributed by atoms with E-state index in [1.807, 2.05) is 0 Å². The van der Waals surface area contributed by atoms with Gasteiger partial charge >= 0.3 is 5.97 Å². The number of aliphatic carboxylic acids is 1.